The number of aryl methyl sites for hydroxylation is 1. The Morgan fingerprint density at radius 2 is 2.16 bits per heavy atom. The minimum atomic E-state index is -0.670. The Bertz CT molecular complexity index is 809. The summed E-state index contributed by atoms with van der Waals surface area (Å²) in [6.45, 7) is 2.61. The highest BCUT2D eigenvalue weighted by Crippen LogP contribution is 2.34. The van der Waals surface area contributed by atoms with Gasteiger partial charge in [-0.15, -0.1) is 0 Å². The summed E-state index contributed by atoms with van der Waals surface area (Å²) in [5.41, 5.74) is 0. The monoisotopic (exact) mass is 343 g/mol. The van der Waals surface area contributed by atoms with Crippen LogP contribution < -0.4 is 4.74 Å². The molecule has 0 aromatic carbocycles. The number of likely N-dealkylation sites (N-methyl/N-ethyl adjacent to an activating group) is 1. The molecule has 0 aliphatic carbocycles. The second kappa shape index (κ2) is 5.83. The van der Waals surface area contributed by atoms with Gasteiger partial charge in [0.1, 0.15) is 5.82 Å². The van der Waals surface area contributed by atoms with Crippen LogP contribution in [0.25, 0.3) is 0 Å². The van der Waals surface area contributed by atoms with E-state index in [1.54, 1.807) is 36.0 Å². The van der Waals surface area contributed by atoms with Crippen LogP contribution in [0, 0.1) is 12.8 Å². The molecule has 2 aromatic rings. The van der Waals surface area contributed by atoms with Crippen molar-refractivity contribution in [3.05, 3.63) is 36.1 Å². The molecule has 3 atom stereocenters. The number of amides is 2. The highest BCUT2D eigenvalue weighted by Gasteiger charge is 2.53. The van der Waals surface area contributed by atoms with E-state index in [1.807, 2.05) is 0 Å². The normalized spacial score (nSPS) is 25.4. The summed E-state index contributed by atoms with van der Waals surface area (Å²) in [6, 6.07) is 3.07. The van der Waals surface area contributed by atoms with E-state index in [0.29, 0.717) is 24.8 Å². The lowest BCUT2D eigenvalue weighted by atomic mass is 10.0. The first-order chi connectivity index (χ1) is 12.0. The minimum Gasteiger partial charge on any atom is -0.464 e. The number of hydrogen-bond acceptors (Lipinski definition) is 7. The molecule has 2 saturated heterocycles. The summed E-state index contributed by atoms with van der Waals surface area (Å²) in [5, 5.41) is 3.57. The number of likely N-dealkylation sites (tertiary alicyclic amines) is 2. The number of carbonyl (C=O) groups is 2. The van der Waals surface area contributed by atoms with E-state index < -0.39 is 6.10 Å². The molecule has 2 aliphatic heterocycles. The molecule has 25 heavy (non-hydrogen) atoms. The van der Waals surface area contributed by atoms with Gasteiger partial charge in [-0.05, 0) is 6.92 Å². The number of aromatic nitrogens is 3. The molecule has 0 radical (unpaired) electrons. The standard InChI is InChI=1S/C16H17N5O4/c1-9-17-5-4-13(19-9)24-14-10-7-21(8-11(10)20(2)16(14)23)15(22)12-3-6-18-25-12/h3-6,10-11,14H,7-8H2,1-2H3/t10-,11+,14-/m0/s1. The maximum absolute atomic E-state index is 12.5. The second-order valence-electron chi connectivity index (χ2n) is 6.25. The minimum absolute atomic E-state index is 0.0905. The van der Waals surface area contributed by atoms with Crippen molar-refractivity contribution in [2.75, 3.05) is 20.1 Å². The van der Waals surface area contributed by atoms with E-state index >= 15 is 0 Å². The van der Waals surface area contributed by atoms with Crippen molar-refractivity contribution in [1.29, 1.82) is 0 Å². The van der Waals surface area contributed by atoms with Crippen molar-refractivity contribution in [2.24, 2.45) is 5.92 Å². The molecule has 2 amide bonds. The quantitative estimate of drug-likeness (QED) is 0.781. The largest absolute Gasteiger partial charge is 0.464 e. The van der Waals surface area contributed by atoms with Gasteiger partial charge in [0.15, 0.2) is 6.10 Å². The van der Waals surface area contributed by atoms with Gasteiger partial charge < -0.3 is 19.1 Å². The maximum Gasteiger partial charge on any atom is 0.292 e. The van der Waals surface area contributed by atoms with Gasteiger partial charge >= 0.3 is 0 Å². The molecule has 130 valence electrons. The molecule has 0 saturated carbocycles. The van der Waals surface area contributed by atoms with Crippen molar-refractivity contribution in [1.82, 2.24) is 24.9 Å². The highest BCUT2D eigenvalue weighted by atomic mass is 16.5. The third-order valence-corrected chi connectivity index (χ3v) is 4.74. The van der Waals surface area contributed by atoms with Gasteiger partial charge in [0.2, 0.25) is 11.6 Å². The molecule has 9 heteroatoms. The lowest BCUT2D eigenvalue weighted by Gasteiger charge is -2.21. The first kappa shape index (κ1) is 15.6. The van der Waals surface area contributed by atoms with E-state index in [-0.39, 0.29) is 29.5 Å². The molecule has 0 unspecified atom stereocenters. The lowest BCUT2D eigenvalue weighted by molar-refractivity contribution is -0.134. The van der Waals surface area contributed by atoms with Crippen LogP contribution in [0.1, 0.15) is 16.4 Å². The number of fused-ring (bicyclic) bond motifs is 1. The van der Waals surface area contributed by atoms with E-state index in [4.69, 9.17) is 9.26 Å². The average Bonchev–Trinajstić information content (AvgIpc) is 3.31. The van der Waals surface area contributed by atoms with Crippen LogP contribution in [0.4, 0.5) is 0 Å². The van der Waals surface area contributed by atoms with Crippen molar-refractivity contribution < 1.29 is 18.8 Å². The Morgan fingerprint density at radius 3 is 2.88 bits per heavy atom. The van der Waals surface area contributed by atoms with Gasteiger partial charge in [-0.2, -0.15) is 4.98 Å². The van der Waals surface area contributed by atoms with Crippen LogP contribution in [-0.4, -0.2) is 69.0 Å². The first-order valence-electron chi connectivity index (χ1n) is 7.97. The Balaban J connectivity index is 1.54. The summed E-state index contributed by atoms with van der Waals surface area (Å²) >= 11 is 0. The summed E-state index contributed by atoms with van der Waals surface area (Å²) in [7, 11) is 1.73. The zero-order chi connectivity index (χ0) is 17.6. The topological polar surface area (TPSA) is 102 Å². The fourth-order valence-electron chi connectivity index (χ4n) is 3.48. The summed E-state index contributed by atoms with van der Waals surface area (Å²) in [6.07, 6.45) is 2.35. The van der Waals surface area contributed by atoms with Crippen molar-refractivity contribution >= 4 is 11.8 Å². The highest BCUT2D eigenvalue weighted by molar-refractivity contribution is 5.92. The van der Waals surface area contributed by atoms with Gasteiger partial charge in [-0.1, -0.05) is 5.16 Å². The molecule has 2 aromatic heterocycles. The van der Waals surface area contributed by atoms with Crippen molar-refractivity contribution in [3.8, 4) is 5.88 Å². The number of ether oxygens (including phenoxy) is 1. The first-order valence-corrected chi connectivity index (χ1v) is 7.97. The fraction of sp³-hybridized carbons (Fsp3) is 0.438. The number of nitrogens with zero attached hydrogens (tertiary/aromatic N) is 5. The van der Waals surface area contributed by atoms with Gasteiger partial charge in [0, 0.05) is 44.4 Å². The fourth-order valence-corrected chi connectivity index (χ4v) is 3.48. The van der Waals surface area contributed by atoms with E-state index in [0.717, 1.165) is 0 Å². The summed E-state index contributed by atoms with van der Waals surface area (Å²) in [4.78, 5) is 36.5. The van der Waals surface area contributed by atoms with Gasteiger partial charge in [-0.25, -0.2) is 4.98 Å². The zero-order valence-electron chi connectivity index (χ0n) is 13.8. The van der Waals surface area contributed by atoms with Crippen LogP contribution in [0.5, 0.6) is 5.88 Å². The third-order valence-electron chi connectivity index (χ3n) is 4.74. The van der Waals surface area contributed by atoms with E-state index in [2.05, 4.69) is 15.1 Å². The molecular weight excluding hydrogens is 326 g/mol. The lowest BCUT2D eigenvalue weighted by Crippen LogP contribution is -2.40. The molecule has 0 bridgehead atoms. The average molecular weight is 343 g/mol. The molecule has 9 nitrogen and oxygen atoms in total. The predicted molar refractivity (Wildman–Crippen MR) is 83.6 cm³/mol. The van der Waals surface area contributed by atoms with Crippen LogP contribution in [0.2, 0.25) is 0 Å². The second-order valence-corrected chi connectivity index (χ2v) is 6.25. The Labute approximate surface area is 143 Å². The van der Waals surface area contributed by atoms with Crippen LogP contribution in [0.15, 0.2) is 29.0 Å². The smallest absolute Gasteiger partial charge is 0.292 e. The van der Waals surface area contributed by atoms with E-state index in [1.165, 1.54) is 12.3 Å². The van der Waals surface area contributed by atoms with Crippen molar-refractivity contribution in [2.45, 2.75) is 19.1 Å². The molecule has 4 heterocycles. The molecule has 0 N–H and O–H groups in total. The van der Waals surface area contributed by atoms with Crippen LogP contribution >= 0.6 is 0 Å². The van der Waals surface area contributed by atoms with Gasteiger partial charge in [0.05, 0.1) is 12.2 Å². The molecule has 4 rings (SSSR count). The maximum atomic E-state index is 12.5. The molecule has 2 aliphatic rings. The molecule has 0 spiro atoms. The molecular formula is C16H17N5O4. The van der Waals surface area contributed by atoms with Crippen molar-refractivity contribution in [3.63, 3.8) is 0 Å². The zero-order valence-corrected chi connectivity index (χ0v) is 13.8. The summed E-state index contributed by atoms with van der Waals surface area (Å²) < 4.78 is 10.8. The Morgan fingerprint density at radius 1 is 1.32 bits per heavy atom. The number of hydrogen-bond donors (Lipinski definition) is 0. The Hall–Kier alpha value is -2.97. The Kier molecular flexibility index (Phi) is 3.63. The van der Waals surface area contributed by atoms with Crippen LogP contribution in [-0.2, 0) is 4.79 Å². The van der Waals surface area contributed by atoms with Gasteiger partial charge in [-0.3, -0.25) is 9.59 Å². The summed E-state index contributed by atoms with van der Waals surface area (Å²) in [5.74, 6) is 0.668. The van der Waals surface area contributed by atoms with Crippen LogP contribution in [0.3, 0.4) is 0 Å². The third kappa shape index (κ3) is 2.61. The van der Waals surface area contributed by atoms with E-state index in [9.17, 15) is 9.59 Å². The SMILES string of the molecule is Cc1nccc(O[C@@H]2C(=O)N(C)[C@@H]3CN(C(=O)c4ccno4)C[C@H]23)n1. The number of carbonyl (C=O) groups excluding carboxylic acids is 2. The van der Waals surface area contributed by atoms with Gasteiger partial charge in [0.25, 0.3) is 11.8 Å². The number of rotatable bonds is 3. The molecule has 2 fully saturated rings. The predicted octanol–water partition coefficient (Wildman–Crippen LogP) is 0.133.